The van der Waals surface area contributed by atoms with Crippen LogP contribution in [0.3, 0.4) is 0 Å². The molecular formula is C20H32N6O8. The lowest BCUT2D eigenvalue weighted by Crippen LogP contribution is -2.60. The molecule has 0 radical (unpaired) electrons. The summed E-state index contributed by atoms with van der Waals surface area (Å²) in [5.41, 5.74) is 6.11. The second-order valence-corrected chi connectivity index (χ2v) is 8.18. The fourth-order valence-electron chi connectivity index (χ4n) is 2.93. The summed E-state index contributed by atoms with van der Waals surface area (Å²) in [6, 6.07) is -5.24. The van der Waals surface area contributed by atoms with Crippen LogP contribution in [-0.4, -0.2) is 85.2 Å². The summed E-state index contributed by atoms with van der Waals surface area (Å²) in [6.45, 7) is 4.44. The molecule has 0 saturated heterocycles. The van der Waals surface area contributed by atoms with Gasteiger partial charge in [-0.25, -0.2) is 9.78 Å². The van der Waals surface area contributed by atoms with Gasteiger partial charge in [0.05, 0.1) is 18.5 Å². The van der Waals surface area contributed by atoms with E-state index in [1.807, 2.05) is 0 Å². The number of carbonyl (C=O) groups excluding carboxylic acids is 3. The van der Waals surface area contributed by atoms with E-state index in [0.29, 0.717) is 5.69 Å². The van der Waals surface area contributed by atoms with E-state index in [9.17, 15) is 34.2 Å². The maximum Gasteiger partial charge on any atom is 0.326 e. The van der Waals surface area contributed by atoms with Gasteiger partial charge in [0.1, 0.15) is 18.1 Å². The topological polar surface area (TPSA) is 237 Å². The number of nitrogens with zero attached hydrogens (tertiary/aromatic N) is 1. The molecule has 190 valence electrons. The number of aromatic nitrogens is 2. The molecule has 0 aliphatic carbocycles. The highest BCUT2D eigenvalue weighted by atomic mass is 16.4. The highest BCUT2D eigenvalue weighted by Gasteiger charge is 2.33. The molecule has 0 fully saturated rings. The summed E-state index contributed by atoms with van der Waals surface area (Å²) in [5.74, 6) is -5.42. The zero-order valence-electron chi connectivity index (χ0n) is 19.1. The smallest absolute Gasteiger partial charge is 0.326 e. The van der Waals surface area contributed by atoms with Gasteiger partial charge in [-0.1, -0.05) is 13.8 Å². The van der Waals surface area contributed by atoms with Crippen LogP contribution in [-0.2, 0) is 30.4 Å². The number of carboxylic acids is 2. The summed E-state index contributed by atoms with van der Waals surface area (Å²) >= 11 is 0. The summed E-state index contributed by atoms with van der Waals surface area (Å²) in [7, 11) is 0. The van der Waals surface area contributed by atoms with E-state index in [0.717, 1.165) is 0 Å². The lowest BCUT2D eigenvalue weighted by atomic mass is 10.0. The van der Waals surface area contributed by atoms with Crippen LogP contribution >= 0.6 is 0 Å². The van der Waals surface area contributed by atoms with Crippen LogP contribution in [0.5, 0.6) is 0 Å². The summed E-state index contributed by atoms with van der Waals surface area (Å²) < 4.78 is 0. The Morgan fingerprint density at radius 1 is 1.00 bits per heavy atom. The first-order valence-corrected chi connectivity index (χ1v) is 10.6. The Kier molecular flexibility index (Phi) is 11.1. The fraction of sp³-hybridized carbons (Fsp3) is 0.600. The highest BCUT2D eigenvalue weighted by molar-refractivity contribution is 5.94. The van der Waals surface area contributed by atoms with Gasteiger partial charge in [0.15, 0.2) is 0 Å². The number of amides is 3. The van der Waals surface area contributed by atoms with Crippen LogP contribution < -0.4 is 21.7 Å². The SMILES string of the molecule is CC(C)C(NC(=O)C(Cc1cnc[nH]1)NC(=O)C(NC(=O)C(N)CCC(=O)O)C(C)O)C(=O)O. The van der Waals surface area contributed by atoms with Gasteiger partial charge >= 0.3 is 11.9 Å². The molecule has 1 rings (SSSR count). The van der Waals surface area contributed by atoms with E-state index in [4.69, 9.17) is 10.8 Å². The Bertz CT molecular complexity index is 857. The molecule has 14 heteroatoms. The Morgan fingerprint density at radius 3 is 2.09 bits per heavy atom. The van der Waals surface area contributed by atoms with Crippen molar-refractivity contribution >= 4 is 29.7 Å². The quantitative estimate of drug-likeness (QED) is 0.141. The van der Waals surface area contributed by atoms with Crippen molar-refractivity contribution in [3.63, 3.8) is 0 Å². The van der Waals surface area contributed by atoms with Gasteiger partial charge in [-0.15, -0.1) is 0 Å². The molecule has 9 N–H and O–H groups in total. The maximum atomic E-state index is 12.9. The fourth-order valence-corrected chi connectivity index (χ4v) is 2.93. The molecule has 0 spiro atoms. The summed E-state index contributed by atoms with van der Waals surface area (Å²) in [6.07, 6.45) is 0.741. The molecule has 3 amide bonds. The number of carboxylic acid groups (broad SMARTS) is 2. The first-order chi connectivity index (χ1) is 15.8. The van der Waals surface area contributed by atoms with E-state index < -0.39 is 65.8 Å². The number of hydrogen-bond donors (Lipinski definition) is 8. The number of hydrogen-bond acceptors (Lipinski definition) is 8. The molecule has 0 aliphatic heterocycles. The van der Waals surface area contributed by atoms with Crippen molar-refractivity contribution in [1.29, 1.82) is 0 Å². The van der Waals surface area contributed by atoms with Crippen molar-refractivity contribution in [1.82, 2.24) is 25.9 Å². The second-order valence-electron chi connectivity index (χ2n) is 8.18. The van der Waals surface area contributed by atoms with E-state index in [-0.39, 0.29) is 19.3 Å². The molecule has 0 aromatic carbocycles. The molecule has 5 unspecified atom stereocenters. The number of aromatic amines is 1. The number of H-pyrrole nitrogens is 1. The Labute approximate surface area is 195 Å². The minimum atomic E-state index is -1.51. The predicted octanol–water partition coefficient (Wildman–Crippen LogP) is -2.28. The van der Waals surface area contributed by atoms with Crippen molar-refractivity contribution in [2.24, 2.45) is 11.7 Å². The van der Waals surface area contributed by atoms with Crippen LogP contribution in [0.15, 0.2) is 12.5 Å². The van der Waals surface area contributed by atoms with Crippen LogP contribution in [0.4, 0.5) is 0 Å². The molecule has 1 aromatic heterocycles. The lowest BCUT2D eigenvalue weighted by molar-refractivity contribution is -0.143. The zero-order valence-corrected chi connectivity index (χ0v) is 19.1. The van der Waals surface area contributed by atoms with Crippen molar-refractivity contribution in [3.05, 3.63) is 18.2 Å². The monoisotopic (exact) mass is 484 g/mol. The van der Waals surface area contributed by atoms with Crippen molar-refractivity contribution in [3.8, 4) is 0 Å². The maximum absolute atomic E-state index is 12.9. The molecule has 0 bridgehead atoms. The number of carbonyl (C=O) groups is 5. The van der Waals surface area contributed by atoms with Crippen molar-refractivity contribution in [2.45, 2.75) is 70.3 Å². The third-order valence-corrected chi connectivity index (χ3v) is 4.91. The first-order valence-electron chi connectivity index (χ1n) is 10.6. The first kappa shape index (κ1) is 28.5. The van der Waals surface area contributed by atoms with E-state index in [1.165, 1.54) is 19.4 Å². The van der Waals surface area contributed by atoms with Crippen LogP contribution in [0.25, 0.3) is 0 Å². The Morgan fingerprint density at radius 2 is 1.62 bits per heavy atom. The summed E-state index contributed by atoms with van der Waals surface area (Å²) in [5, 5.41) is 35.1. The van der Waals surface area contributed by atoms with Gasteiger partial charge in [-0.2, -0.15) is 0 Å². The minimum Gasteiger partial charge on any atom is -0.481 e. The average molecular weight is 485 g/mol. The molecule has 14 nitrogen and oxygen atoms in total. The second kappa shape index (κ2) is 13.3. The van der Waals surface area contributed by atoms with Gasteiger partial charge in [-0.3, -0.25) is 19.2 Å². The molecular weight excluding hydrogens is 452 g/mol. The van der Waals surface area contributed by atoms with Crippen molar-refractivity contribution in [2.75, 3.05) is 0 Å². The van der Waals surface area contributed by atoms with Gasteiger partial charge < -0.3 is 42.0 Å². The molecule has 0 aliphatic rings. The van der Waals surface area contributed by atoms with Gasteiger partial charge in [-0.05, 0) is 19.3 Å². The van der Waals surface area contributed by atoms with Crippen LogP contribution in [0.2, 0.25) is 0 Å². The predicted molar refractivity (Wildman–Crippen MR) is 117 cm³/mol. The standard InChI is InChI=1S/C20H32N6O8/c1-9(2)15(20(33)34)25-18(31)13(6-11-7-22-8-23-11)24-19(32)16(10(3)27)26-17(30)12(21)4-5-14(28)29/h7-10,12-13,15-16,27H,4-6,21H2,1-3H3,(H,22,23)(H,24,32)(H,25,31)(H,26,30)(H,28,29)(H,33,34). The van der Waals surface area contributed by atoms with E-state index >= 15 is 0 Å². The molecule has 34 heavy (non-hydrogen) atoms. The third kappa shape index (κ3) is 9.15. The van der Waals surface area contributed by atoms with Gasteiger partial charge in [0.2, 0.25) is 17.7 Å². The number of imidazole rings is 1. The normalized spacial score (nSPS) is 15.5. The molecule has 1 heterocycles. The lowest BCUT2D eigenvalue weighted by Gasteiger charge is -2.27. The molecule has 0 saturated carbocycles. The number of nitrogens with two attached hydrogens (primary N) is 1. The Balaban J connectivity index is 3.00. The van der Waals surface area contributed by atoms with Crippen LogP contribution in [0, 0.1) is 5.92 Å². The molecule has 1 aromatic rings. The zero-order chi connectivity index (χ0) is 26.0. The minimum absolute atomic E-state index is 0.0827. The van der Waals surface area contributed by atoms with Gasteiger partial charge in [0, 0.05) is 24.7 Å². The number of aliphatic hydroxyl groups is 1. The average Bonchev–Trinajstić information content (AvgIpc) is 3.25. The van der Waals surface area contributed by atoms with Gasteiger partial charge in [0.25, 0.3) is 0 Å². The van der Waals surface area contributed by atoms with E-state index in [2.05, 4.69) is 25.9 Å². The third-order valence-electron chi connectivity index (χ3n) is 4.91. The Hall–Kier alpha value is -3.52. The highest BCUT2D eigenvalue weighted by Crippen LogP contribution is 2.06. The number of aliphatic carboxylic acids is 2. The number of aliphatic hydroxyl groups excluding tert-OH is 1. The molecule has 5 atom stereocenters. The number of rotatable bonds is 14. The number of nitrogens with one attached hydrogen (secondary N) is 4. The summed E-state index contributed by atoms with van der Waals surface area (Å²) in [4.78, 5) is 66.7. The van der Waals surface area contributed by atoms with Crippen LogP contribution in [0.1, 0.15) is 39.3 Å². The largest absolute Gasteiger partial charge is 0.481 e. The van der Waals surface area contributed by atoms with Crippen molar-refractivity contribution < 1.29 is 39.3 Å². The van der Waals surface area contributed by atoms with E-state index in [1.54, 1.807) is 13.8 Å².